The molecule has 6 heteroatoms. The second-order valence-electron chi connectivity index (χ2n) is 7.78. The van der Waals surface area contributed by atoms with Crippen LogP contribution in [0, 0.1) is 6.92 Å². The van der Waals surface area contributed by atoms with Crippen LogP contribution < -0.4 is 16.8 Å². The van der Waals surface area contributed by atoms with E-state index in [2.05, 4.69) is 48.0 Å². The SMILES string of the molecule is C=C(N)c1cnn2cc(-c3cnc(CC)cc3C)cc2c1NC1CCC(N)C1. The Bertz CT molecular complexity index is 1030. The van der Waals surface area contributed by atoms with Gasteiger partial charge in [0.05, 0.1) is 17.4 Å². The first kappa shape index (κ1) is 18.5. The first-order chi connectivity index (χ1) is 13.5. The molecule has 0 bridgehead atoms. The summed E-state index contributed by atoms with van der Waals surface area (Å²) in [6.07, 6.45) is 9.76. The van der Waals surface area contributed by atoms with Crippen molar-refractivity contribution in [3.63, 3.8) is 0 Å². The first-order valence-electron chi connectivity index (χ1n) is 9.90. The van der Waals surface area contributed by atoms with Gasteiger partial charge in [-0.2, -0.15) is 5.10 Å². The van der Waals surface area contributed by atoms with E-state index in [4.69, 9.17) is 11.5 Å². The van der Waals surface area contributed by atoms with Gasteiger partial charge in [-0.3, -0.25) is 4.98 Å². The first-order valence-corrected chi connectivity index (χ1v) is 9.90. The van der Waals surface area contributed by atoms with Gasteiger partial charge >= 0.3 is 0 Å². The molecule has 1 aliphatic carbocycles. The Balaban J connectivity index is 1.80. The second-order valence-corrected chi connectivity index (χ2v) is 7.78. The molecule has 1 fully saturated rings. The number of rotatable bonds is 5. The molecule has 28 heavy (non-hydrogen) atoms. The van der Waals surface area contributed by atoms with E-state index in [9.17, 15) is 0 Å². The number of nitrogens with two attached hydrogens (primary N) is 2. The topological polar surface area (TPSA) is 94.3 Å². The smallest absolute Gasteiger partial charge is 0.0891 e. The van der Waals surface area contributed by atoms with Gasteiger partial charge in [0.2, 0.25) is 0 Å². The quantitative estimate of drug-likeness (QED) is 0.634. The highest BCUT2D eigenvalue weighted by atomic mass is 15.2. The van der Waals surface area contributed by atoms with Gasteiger partial charge in [0.25, 0.3) is 0 Å². The van der Waals surface area contributed by atoms with Crippen molar-refractivity contribution in [3.05, 3.63) is 54.1 Å². The molecule has 2 unspecified atom stereocenters. The number of aromatic nitrogens is 3. The van der Waals surface area contributed by atoms with Crippen molar-refractivity contribution < 1.29 is 0 Å². The summed E-state index contributed by atoms with van der Waals surface area (Å²) in [5, 5.41) is 8.22. The summed E-state index contributed by atoms with van der Waals surface area (Å²) in [4.78, 5) is 4.57. The van der Waals surface area contributed by atoms with Crippen LogP contribution in [0.25, 0.3) is 22.3 Å². The van der Waals surface area contributed by atoms with Crippen molar-refractivity contribution >= 4 is 16.9 Å². The van der Waals surface area contributed by atoms with Gasteiger partial charge in [0.15, 0.2) is 0 Å². The van der Waals surface area contributed by atoms with Gasteiger partial charge in [-0.25, -0.2) is 4.52 Å². The average Bonchev–Trinajstić information content (AvgIpc) is 3.27. The molecule has 3 aromatic heterocycles. The van der Waals surface area contributed by atoms with Crippen LogP contribution in [-0.2, 0) is 6.42 Å². The zero-order chi connectivity index (χ0) is 19.8. The van der Waals surface area contributed by atoms with Gasteiger partial charge in [-0.05, 0) is 50.3 Å². The minimum Gasteiger partial charge on any atom is -0.399 e. The number of nitrogens with zero attached hydrogens (tertiary/aromatic N) is 3. The molecule has 146 valence electrons. The number of pyridine rings is 1. The second kappa shape index (κ2) is 7.28. The molecular weight excluding hydrogens is 348 g/mol. The predicted octanol–water partition coefficient (Wildman–Crippen LogP) is 3.49. The van der Waals surface area contributed by atoms with Crippen LogP contribution in [0.2, 0.25) is 0 Å². The molecule has 0 aliphatic heterocycles. The van der Waals surface area contributed by atoms with Crippen LogP contribution in [-0.4, -0.2) is 26.7 Å². The van der Waals surface area contributed by atoms with Crippen LogP contribution in [0.15, 0.2) is 37.3 Å². The summed E-state index contributed by atoms with van der Waals surface area (Å²) in [5.74, 6) is 0. The summed E-state index contributed by atoms with van der Waals surface area (Å²) in [6, 6.07) is 4.89. The van der Waals surface area contributed by atoms with Gasteiger partial charge in [0.1, 0.15) is 0 Å². The van der Waals surface area contributed by atoms with E-state index < -0.39 is 0 Å². The Kier molecular flexibility index (Phi) is 4.81. The lowest BCUT2D eigenvalue weighted by atomic mass is 10.0. The lowest BCUT2D eigenvalue weighted by Gasteiger charge is -2.18. The Morgan fingerprint density at radius 3 is 2.79 bits per heavy atom. The Hall–Kier alpha value is -2.86. The highest BCUT2D eigenvalue weighted by Gasteiger charge is 2.24. The molecule has 4 rings (SSSR count). The molecule has 0 aromatic carbocycles. The molecule has 5 N–H and O–H groups in total. The summed E-state index contributed by atoms with van der Waals surface area (Å²) in [5.41, 5.74) is 20.0. The third kappa shape index (κ3) is 3.36. The van der Waals surface area contributed by atoms with Crippen LogP contribution in [0.3, 0.4) is 0 Å². The van der Waals surface area contributed by atoms with Crippen molar-refractivity contribution in [2.45, 2.75) is 51.6 Å². The molecular formula is C22H28N6. The lowest BCUT2D eigenvalue weighted by Crippen LogP contribution is -2.22. The van der Waals surface area contributed by atoms with E-state index >= 15 is 0 Å². The van der Waals surface area contributed by atoms with E-state index in [1.165, 1.54) is 5.56 Å². The molecule has 3 aromatic rings. The monoisotopic (exact) mass is 376 g/mol. The van der Waals surface area contributed by atoms with Crippen molar-refractivity contribution in [2.75, 3.05) is 5.32 Å². The van der Waals surface area contributed by atoms with Crippen LogP contribution >= 0.6 is 0 Å². The molecule has 0 saturated heterocycles. The number of fused-ring (bicyclic) bond motifs is 1. The zero-order valence-electron chi connectivity index (χ0n) is 16.6. The Morgan fingerprint density at radius 1 is 1.32 bits per heavy atom. The van der Waals surface area contributed by atoms with E-state index in [0.717, 1.165) is 59.3 Å². The largest absolute Gasteiger partial charge is 0.399 e. The zero-order valence-corrected chi connectivity index (χ0v) is 16.6. The molecule has 6 nitrogen and oxygen atoms in total. The predicted molar refractivity (Wildman–Crippen MR) is 115 cm³/mol. The van der Waals surface area contributed by atoms with Gasteiger partial charge in [-0.15, -0.1) is 0 Å². The number of nitrogens with one attached hydrogen (secondary N) is 1. The maximum atomic E-state index is 6.10. The van der Waals surface area contributed by atoms with Gasteiger partial charge in [0, 0.05) is 52.6 Å². The highest BCUT2D eigenvalue weighted by Crippen LogP contribution is 2.33. The third-order valence-electron chi connectivity index (χ3n) is 5.65. The minimum atomic E-state index is 0.257. The van der Waals surface area contributed by atoms with E-state index in [-0.39, 0.29) is 6.04 Å². The molecule has 3 heterocycles. The van der Waals surface area contributed by atoms with E-state index in [1.54, 1.807) is 6.20 Å². The molecule has 0 amide bonds. The number of hydrogen-bond donors (Lipinski definition) is 3. The van der Waals surface area contributed by atoms with Crippen molar-refractivity contribution in [1.29, 1.82) is 0 Å². The van der Waals surface area contributed by atoms with Crippen LogP contribution in [0.5, 0.6) is 0 Å². The van der Waals surface area contributed by atoms with Crippen molar-refractivity contribution in [3.8, 4) is 11.1 Å². The lowest BCUT2D eigenvalue weighted by molar-refractivity contribution is 0.687. The Morgan fingerprint density at radius 2 is 2.14 bits per heavy atom. The standard InChI is InChI=1S/C22H28N6/c1-4-17-7-13(2)19(10-25-17)15-8-21-22(27-18-6-5-16(24)9-18)20(14(3)23)11-26-28(21)12-15/h7-8,10-12,16,18,27H,3-6,9,23-24H2,1-2H3. The van der Waals surface area contributed by atoms with Crippen molar-refractivity contribution in [1.82, 2.24) is 14.6 Å². The van der Waals surface area contributed by atoms with E-state index in [0.29, 0.717) is 11.7 Å². The summed E-state index contributed by atoms with van der Waals surface area (Å²) >= 11 is 0. The number of aryl methyl sites for hydroxylation is 2. The average molecular weight is 377 g/mol. The fourth-order valence-electron chi connectivity index (χ4n) is 4.06. The highest BCUT2D eigenvalue weighted by molar-refractivity contribution is 5.87. The van der Waals surface area contributed by atoms with Crippen LogP contribution in [0.4, 0.5) is 5.69 Å². The summed E-state index contributed by atoms with van der Waals surface area (Å²) < 4.78 is 1.89. The van der Waals surface area contributed by atoms with E-state index in [1.807, 2.05) is 16.9 Å². The fraction of sp³-hybridized carbons (Fsp3) is 0.364. The van der Waals surface area contributed by atoms with Gasteiger partial charge in [-0.1, -0.05) is 13.5 Å². The molecule has 0 radical (unpaired) electrons. The van der Waals surface area contributed by atoms with Crippen molar-refractivity contribution in [2.24, 2.45) is 11.5 Å². The molecule has 1 saturated carbocycles. The summed E-state index contributed by atoms with van der Waals surface area (Å²) in [6.45, 7) is 8.17. The maximum Gasteiger partial charge on any atom is 0.0891 e. The van der Waals surface area contributed by atoms with Crippen LogP contribution in [0.1, 0.15) is 43.0 Å². The third-order valence-corrected chi connectivity index (χ3v) is 5.65. The minimum absolute atomic E-state index is 0.257. The molecule has 1 aliphatic rings. The molecule has 2 atom stereocenters. The Labute approximate surface area is 165 Å². The number of hydrogen-bond acceptors (Lipinski definition) is 5. The normalized spacial score (nSPS) is 19.2. The maximum absolute atomic E-state index is 6.10. The molecule has 0 spiro atoms. The fourth-order valence-corrected chi connectivity index (χ4v) is 4.06. The number of anilines is 1. The summed E-state index contributed by atoms with van der Waals surface area (Å²) in [7, 11) is 0. The van der Waals surface area contributed by atoms with Gasteiger partial charge < -0.3 is 16.8 Å².